The molecule has 0 bridgehead atoms. The molecule has 0 saturated heterocycles. The van der Waals surface area contributed by atoms with Gasteiger partial charge < -0.3 is 0 Å². The van der Waals surface area contributed by atoms with Crippen molar-refractivity contribution in [2.24, 2.45) is 5.10 Å². The number of aromatic nitrogens is 6. The molecular weight excluding hydrogens is 402 g/mol. The predicted molar refractivity (Wildman–Crippen MR) is 123 cm³/mol. The standard InChI is InChI=1S/C24H15N7O/c32-24-20-21-23(29-19-9-5-4-8-18(19)28-21)31(27-14-16-10-12-25-13-11-16)22(20)26-15-30(24)17-6-2-1-3-7-17/h1-15H/b27-14+. The molecule has 0 aliphatic rings. The van der Waals surface area contributed by atoms with Crippen LogP contribution in [0.3, 0.4) is 0 Å². The van der Waals surface area contributed by atoms with Crippen molar-refractivity contribution in [3.8, 4) is 5.69 Å². The van der Waals surface area contributed by atoms with E-state index in [0.717, 1.165) is 11.3 Å². The topological polar surface area (TPSA) is 90.8 Å². The lowest BCUT2D eigenvalue weighted by Crippen LogP contribution is -2.18. The molecule has 6 aromatic rings. The maximum Gasteiger partial charge on any atom is 0.269 e. The molecule has 0 saturated carbocycles. The van der Waals surface area contributed by atoms with E-state index in [1.165, 1.54) is 10.9 Å². The Hall–Kier alpha value is -4.72. The Morgan fingerprint density at radius 2 is 1.53 bits per heavy atom. The highest BCUT2D eigenvalue weighted by atomic mass is 16.1. The minimum atomic E-state index is -0.228. The van der Waals surface area contributed by atoms with Crippen LogP contribution < -0.4 is 5.56 Å². The molecule has 0 N–H and O–H groups in total. The van der Waals surface area contributed by atoms with E-state index in [1.807, 2.05) is 66.7 Å². The largest absolute Gasteiger partial charge is 0.269 e. The fourth-order valence-corrected chi connectivity index (χ4v) is 3.68. The second kappa shape index (κ2) is 7.21. The average molecular weight is 417 g/mol. The molecule has 0 atom stereocenters. The number of hydrogen-bond acceptors (Lipinski definition) is 6. The molecule has 4 heterocycles. The SMILES string of the molecule is O=c1c2c3nc4ccccc4nc3n(/N=C/c3ccncc3)c2ncn1-c1ccccc1. The number of benzene rings is 2. The van der Waals surface area contributed by atoms with Crippen molar-refractivity contribution in [3.63, 3.8) is 0 Å². The summed E-state index contributed by atoms with van der Waals surface area (Å²) in [6.07, 6.45) is 6.58. The Kier molecular flexibility index (Phi) is 4.07. The van der Waals surface area contributed by atoms with E-state index in [2.05, 4.69) is 15.1 Å². The lowest BCUT2D eigenvalue weighted by molar-refractivity contribution is 0.906. The molecule has 6 rings (SSSR count). The van der Waals surface area contributed by atoms with Crippen molar-refractivity contribution in [1.82, 2.24) is 29.2 Å². The van der Waals surface area contributed by atoms with E-state index in [9.17, 15) is 4.79 Å². The van der Waals surface area contributed by atoms with Crippen molar-refractivity contribution in [1.29, 1.82) is 0 Å². The third-order valence-electron chi connectivity index (χ3n) is 5.20. The molecule has 152 valence electrons. The number of rotatable bonds is 3. The van der Waals surface area contributed by atoms with Gasteiger partial charge in [0, 0.05) is 12.4 Å². The lowest BCUT2D eigenvalue weighted by atomic mass is 10.3. The minimum absolute atomic E-state index is 0.228. The van der Waals surface area contributed by atoms with Crippen LogP contribution in [0.25, 0.3) is 38.9 Å². The number of fused-ring (bicyclic) bond motifs is 4. The first-order chi connectivity index (χ1) is 15.8. The summed E-state index contributed by atoms with van der Waals surface area (Å²) in [5, 5.41) is 4.97. The van der Waals surface area contributed by atoms with Gasteiger partial charge in [0.05, 0.1) is 22.9 Å². The zero-order valence-electron chi connectivity index (χ0n) is 16.7. The normalized spacial score (nSPS) is 11.8. The van der Waals surface area contributed by atoms with E-state index in [1.54, 1.807) is 23.3 Å². The summed E-state index contributed by atoms with van der Waals surface area (Å²) in [6.45, 7) is 0. The van der Waals surface area contributed by atoms with Gasteiger partial charge in [-0.15, -0.1) is 0 Å². The Labute approximate surface area is 181 Å². The first kappa shape index (κ1) is 18.1. The van der Waals surface area contributed by atoms with Gasteiger partial charge in [-0.1, -0.05) is 30.3 Å². The minimum Gasteiger partial charge on any atom is -0.268 e. The van der Waals surface area contributed by atoms with Crippen LogP contribution in [0, 0.1) is 0 Å². The van der Waals surface area contributed by atoms with Crippen LogP contribution in [0.5, 0.6) is 0 Å². The Bertz CT molecular complexity index is 1690. The van der Waals surface area contributed by atoms with E-state index in [-0.39, 0.29) is 5.56 Å². The first-order valence-corrected chi connectivity index (χ1v) is 9.98. The summed E-state index contributed by atoms with van der Waals surface area (Å²) in [6, 6.07) is 20.6. The van der Waals surface area contributed by atoms with Crippen molar-refractivity contribution in [3.05, 3.63) is 101 Å². The summed E-state index contributed by atoms with van der Waals surface area (Å²) < 4.78 is 3.08. The van der Waals surface area contributed by atoms with Gasteiger partial charge in [-0.3, -0.25) is 14.3 Å². The maximum absolute atomic E-state index is 13.5. The molecule has 0 spiro atoms. The molecule has 0 radical (unpaired) electrons. The second-order valence-electron chi connectivity index (χ2n) is 7.18. The molecule has 0 amide bonds. The maximum atomic E-state index is 13.5. The molecule has 8 nitrogen and oxygen atoms in total. The van der Waals surface area contributed by atoms with Crippen LogP contribution in [0.2, 0.25) is 0 Å². The quantitative estimate of drug-likeness (QED) is 0.411. The average Bonchev–Trinajstić information content (AvgIpc) is 3.16. The van der Waals surface area contributed by atoms with Gasteiger partial charge in [0.25, 0.3) is 5.56 Å². The third kappa shape index (κ3) is 2.85. The van der Waals surface area contributed by atoms with E-state index >= 15 is 0 Å². The smallest absolute Gasteiger partial charge is 0.268 e. The van der Waals surface area contributed by atoms with Crippen molar-refractivity contribution in [2.45, 2.75) is 0 Å². The van der Waals surface area contributed by atoms with Crippen molar-refractivity contribution < 1.29 is 0 Å². The van der Waals surface area contributed by atoms with E-state index < -0.39 is 0 Å². The summed E-state index contributed by atoms with van der Waals surface area (Å²) in [7, 11) is 0. The van der Waals surface area contributed by atoms with Gasteiger partial charge in [-0.25, -0.2) is 15.0 Å². The summed E-state index contributed by atoms with van der Waals surface area (Å²) >= 11 is 0. The highest BCUT2D eigenvalue weighted by Gasteiger charge is 2.20. The van der Waals surface area contributed by atoms with Crippen LogP contribution in [0.15, 0.2) is 95.3 Å². The zero-order valence-corrected chi connectivity index (χ0v) is 16.7. The number of para-hydroxylation sites is 3. The highest BCUT2D eigenvalue weighted by molar-refractivity contribution is 6.05. The fraction of sp³-hybridized carbons (Fsp3) is 0. The van der Waals surface area contributed by atoms with Gasteiger partial charge in [-0.2, -0.15) is 9.78 Å². The summed E-state index contributed by atoms with van der Waals surface area (Å²) in [5.41, 5.74) is 4.11. The third-order valence-corrected chi connectivity index (χ3v) is 5.20. The Balaban J connectivity index is 1.70. The molecule has 8 heteroatoms. The Morgan fingerprint density at radius 1 is 0.812 bits per heavy atom. The van der Waals surface area contributed by atoms with Crippen molar-refractivity contribution in [2.75, 3.05) is 0 Å². The van der Waals surface area contributed by atoms with Crippen molar-refractivity contribution >= 4 is 39.4 Å². The van der Waals surface area contributed by atoms with Gasteiger partial charge in [0.1, 0.15) is 17.2 Å². The van der Waals surface area contributed by atoms with Crippen LogP contribution in [-0.2, 0) is 0 Å². The lowest BCUT2D eigenvalue weighted by Gasteiger charge is -2.04. The van der Waals surface area contributed by atoms with Crippen LogP contribution in [0.1, 0.15) is 5.56 Å². The Morgan fingerprint density at radius 3 is 2.31 bits per heavy atom. The molecule has 0 fully saturated rings. The summed E-state index contributed by atoms with van der Waals surface area (Å²) in [5.74, 6) is 0. The van der Waals surface area contributed by atoms with Crippen LogP contribution in [-0.4, -0.2) is 35.4 Å². The number of pyridine rings is 1. The molecule has 2 aromatic carbocycles. The monoisotopic (exact) mass is 417 g/mol. The zero-order chi connectivity index (χ0) is 21.5. The molecule has 0 aliphatic heterocycles. The van der Waals surface area contributed by atoms with Gasteiger partial charge in [0.15, 0.2) is 11.3 Å². The highest BCUT2D eigenvalue weighted by Crippen LogP contribution is 2.25. The van der Waals surface area contributed by atoms with Crippen LogP contribution >= 0.6 is 0 Å². The number of nitrogens with zero attached hydrogens (tertiary/aromatic N) is 7. The predicted octanol–water partition coefficient (Wildman–Crippen LogP) is 3.56. The molecule has 0 aliphatic carbocycles. The summed E-state index contributed by atoms with van der Waals surface area (Å²) in [4.78, 5) is 31.7. The second-order valence-corrected chi connectivity index (χ2v) is 7.18. The van der Waals surface area contributed by atoms with Crippen LogP contribution in [0.4, 0.5) is 0 Å². The fourth-order valence-electron chi connectivity index (χ4n) is 3.68. The van der Waals surface area contributed by atoms with E-state index in [4.69, 9.17) is 9.97 Å². The van der Waals surface area contributed by atoms with Gasteiger partial charge in [0.2, 0.25) is 0 Å². The first-order valence-electron chi connectivity index (χ1n) is 9.98. The number of hydrogen-bond donors (Lipinski definition) is 0. The molecular formula is C24H15N7O. The molecule has 0 unspecified atom stereocenters. The van der Waals surface area contributed by atoms with Gasteiger partial charge in [-0.05, 0) is 42.0 Å². The molecule has 32 heavy (non-hydrogen) atoms. The van der Waals surface area contributed by atoms with Gasteiger partial charge >= 0.3 is 0 Å². The molecule has 4 aromatic heterocycles. The van der Waals surface area contributed by atoms with E-state index in [0.29, 0.717) is 33.2 Å².